The number of rotatable bonds is 7. The smallest absolute Gasteiger partial charge is 0.255 e. The van der Waals surface area contributed by atoms with Gasteiger partial charge in [0.2, 0.25) is 0 Å². The molecular weight excluding hydrogens is 297 g/mol. The molecule has 1 atom stereocenters. The van der Waals surface area contributed by atoms with Gasteiger partial charge in [0, 0.05) is 18.8 Å². The fraction of sp³-hybridized carbons (Fsp3) is 0.294. The number of pyridine rings is 1. The number of nitrogens with one attached hydrogen (secondary N) is 2. The summed E-state index contributed by atoms with van der Waals surface area (Å²) >= 11 is 0. The fourth-order valence-electron chi connectivity index (χ4n) is 2.15. The van der Waals surface area contributed by atoms with Gasteiger partial charge in [0.1, 0.15) is 11.6 Å². The lowest BCUT2D eigenvalue weighted by Gasteiger charge is -2.15. The SMILES string of the molecule is CC(CCCO)NC(=O)c1cccnc1Nc1ccccc1F. The highest BCUT2D eigenvalue weighted by atomic mass is 19.1. The number of carbonyl (C=O) groups excluding carboxylic acids is 1. The maximum absolute atomic E-state index is 13.7. The first-order chi connectivity index (χ1) is 11.1. The molecule has 1 aromatic carbocycles. The normalized spacial score (nSPS) is 11.8. The average Bonchev–Trinajstić information content (AvgIpc) is 2.55. The van der Waals surface area contributed by atoms with E-state index in [1.165, 1.54) is 12.3 Å². The van der Waals surface area contributed by atoms with Gasteiger partial charge in [-0.15, -0.1) is 0 Å². The number of hydrogen-bond acceptors (Lipinski definition) is 4. The van der Waals surface area contributed by atoms with Crippen molar-refractivity contribution in [1.29, 1.82) is 0 Å². The van der Waals surface area contributed by atoms with Gasteiger partial charge in [-0.25, -0.2) is 9.37 Å². The lowest BCUT2D eigenvalue weighted by Crippen LogP contribution is -2.33. The second-order valence-corrected chi connectivity index (χ2v) is 5.24. The third-order valence-electron chi connectivity index (χ3n) is 3.35. The standard InChI is InChI=1S/C17H20FN3O2/c1-12(6-5-11-22)20-17(23)13-7-4-10-19-16(13)21-15-9-3-2-8-14(15)18/h2-4,7-10,12,22H,5-6,11H2,1H3,(H,19,21)(H,20,23). The second-order valence-electron chi connectivity index (χ2n) is 5.24. The van der Waals surface area contributed by atoms with E-state index >= 15 is 0 Å². The van der Waals surface area contributed by atoms with Crippen LogP contribution in [0.15, 0.2) is 42.6 Å². The van der Waals surface area contributed by atoms with Gasteiger partial charge in [0.05, 0.1) is 11.3 Å². The molecule has 2 aromatic rings. The van der Waals surface area contributed by atoms with Gasteiger partial charge in [0.25, 0.3) is 5.91 Å². The summed E-state index contributed by atoms with van der Waals surface area (Å²) in [5.74, 6) is -0.410. The van der Waals surface area contributed by atoms with Crippen LogP contribution in [0.5, 0.6) is 0 Å². The summed E-state index contributed by atoms with van der Waals surface area (Å²) in [6.45, 7) is 1.96. The minimum Gasteiger partial charge on any atom is -0.396 e. The fourth-order valence-corrected chi connectivity index (χ4v) is 2.15. The molecule has 1 heterocycles. The lowest BCUT2D eigenvalue weighted by atomic mass is 10.1. The first-order valence-corrected chi connectivity index (χ1v) is 7.50. The average molecular weight is 317 g/mol. The molecular formula is C17H20FN3O2. The number of para-hydroxylation sites is 1. The first kappa shape index (κ1) is 16.9. The highest BCUT2D eigenvalue weighted by molar-refractivity contribution is 5.99. The van der Waals surface area contributed by atoms with E-state index in [9.17, 15) is 9.18 Å². The van der Waals surface area contributed by atoms with Gasteiger partial charge in [-0.3, -0.25) is 4.79 Å². The van der Waals surface area contributed by atoms with Crippen molar-refractivity contribution < 1.29 is 14.3 Å². The van der Waals surface area contributed by atoms with Crippen LogP contribution >= 0.6 is 0 Å². The van der Waals surface area contributed by atoms with Crippen LogP contribution in [0.3, 0.4) is 0 Å². The molecule has 0 saturated carbocycles. The maximum Gasteiger partial charge on any atom is 0.255 e. The van der Waals surface area contributed by atoms with Crippen LogP contribution in [0.25, 0.3) is 0 Å². The van der Waals surface area contributed by atoms with Crippen molar-refractivity contribution in [3.05, 3.63) is 54.0 Å². The van der Waals surface area contributed by atoms with Crippen molar-refractivity contribution in [3.63, 3.8) is 0 Å². The molecule has 5 nitrogen and oxygen atoms in total. The van der Waals surface area contributed by atoms with E-state index in [1.807, 2.05) is 6.92 Å². The van der Waals surface area contributed by atoms with Crippen LogP contribution in [0.1, 0.15) is 30.1 Å². The molecule has 0 radical (unpaired) electrons. The van der Waals surface area contributed by atoms with Crippen molar-refractivity contribution in [2.45, 2.75) is 25.8 Å². The highest BCUT2D eigenvalue weighted by Crippen LogP contribution is 2.21. The van der Waals surface area contributed by atoms with Crippen molar-refractivity contribution in [2.24, 2.45) is 0 Å². The molecule has 6 heteroatoms. The molecule has 23 heavy (non-hydrogen) atoms. The van der Waals surface area contributed by atoms with E-state index in [4.69, 9.17) is 5.11 Å². The van der Waals surface area contributed by atoms with Crippen LogP contribution in [0.2, 0.25) is 0 Å². The number of aromatic nitrogens is 1. The number of hydrogen-bond donors (Lipinski definition) is 3. The molecule has 0 aliphatic carbocycles. The Morgan fingerprint density at radius 3 is 2.83 bits per heavy atom. The van der Waals surface area contributed by atoms with Crippen LogP contribution in [0, 0.1) is 5.82 Å². The molecule has 0 aliphatic rings. The molecule has 0 saturated heterocycles. The summed E-state index contributed by atoms with van der Waals surface area (Å²) in [6.07, 6.45) is 2.84. The zero-order chi connectivity index (χ0) is 16.7. The summed E-state index contributed by atoms with van der Waals surface area (Å²) in [5, 5.41) is 14.5. The quantitative estimate of drug-likeness (QED) is 0.734. The minimum absolute atomic E-state index is 0.0730. The Kier molecular flexibility index (Phi) is 6.05. The number of anilines is 2. The van der Waals surface area contributed by atoms with Crippen LogP contribution in [-0.2, 0) is 0 Å². The van der Waals surface area contributed by atoms with Gasteiger partial charge < -0.3 is 15.7 Å². The Morgan fingerprint density at radius 1 is 1.30 bits per heavy atom. The Morgan fingerprint density at radius 2 is 2.09 bits per heavy atom. The Bertz CT molecular complexity index is 664. The van der Waals surface area contributed by atoms with E-state index in [0.29, 0.717) is 24.2 Å². The molecule has 0 fully saturated rings. The lowest BCUT2D eigenvalue weighted by molar-refractivity contribution is 0.0937. The monoisotopic (exact) mass is 317 g/mol. The highest BCUT2D eigenvalue weighted by Gasteiger charge is 2.15. The zero-order valence-corrected chi connectivity index (χ0v) is 12.9. The molecule has 0 bridgehead atoms. The predicted octanol–water partition coefficient (Wildman–Crippen LogP) is 2.86. The summed E-state index contributed by atoms with van der Waals surface area (Å²) in [4.78, 5) is 16.5. The van der Waals surface area contributed by atoms with E-state index in [2.05, 4.69) is 15.6 Å². The third-order valence-corrected chi connectivity index (χ3v) is 3.35. The number of amides is 1. The van der Waals surface area contributed by atoms with E-state index < -0.39 is 5.82 Å². The van der Waals surface area contributed by atoms with Crippen LogP contribution in [-0.4, -0.2) is 28.6 Å². The Hall–Kier alpha value is -2.47. The van der Waals surface area contributed by atoms with Crippen molar-refractivity contribution >= 4 is 17.4 Å². The number of aliphatic hydroxyl groups excluding tert-OH is 1. The molecule has 2 rings (SSSR count). The molecule has 3 N–H and O–H groups in total. The predicted molar refractivity (Wildman–Crippen MR) is 87.2 cm³/mol. The molecule has 0 spiro atoms. The number of benzene rings is 1. The van der Waals surface area contributed by atoms with E-state index in [0.717, 1.165) is 0 Å². The van der Waals surface area contributed by atoms with Crippen molar-refractivity contribution in [3.8, 4) is 0 Å². The molecule has 1 unspecified atom stereocenters. The van der Waals surface area contributed by atoms with Gasteiger partial charge in [-0.1, -0.05) is 12.1 Å². The minimum atomic E-state index is -0.416. The summed E-state index contributed by atoms with van der Waals surface area (Å²) in [7, 11) is 0. The Balaban J connectivity index is 2.14. The van der Waals surface area contributed by atoms with Crippen LogP contribution in [0.4, 0.5) is 15.9 Å². The number of nitrogens with zero attached hydrogens (tertiary/aromatic N) is 1. The second kappa shape index (κ2) is 8.24. The Labute approximate surface area is 134 Å². The maximum atomic E-state index is 13.7. The number of halogens is 1. The van der Waals surface area contributed by atoms with Gasteiger partial charge in [-0.05, 0) is 44.0 Å². The molecule has 122 valence electrons. The summed E-state index contributed by atoms with van der Waals surface area (Å²) in [5.41, 5.74) is 0.597. The van der Waals surface area contributed by atoms with E-state index in [1.54, 1.807) is 30.3 Å². The summed E-state index contributed by atoms with van der Waals surface area (Å²) < 4.78 is 13.7. The van der Waals surface area contributed by atoms with E-state index in [-0.39, 0.29) is 24.2 Å². The number of carbonyl (C=O) groups is 1. The van der Waals surface area contributed by atoms with Gasteiger partial charge in [-0.2, -0.15) is 0 Å². The molecule has 0 aliphatic heterocycles. The van der Waals surface area contributed by atoms with Gasteiger partial charge in [0.15, 0.2) is 0 Å². The largest absolute Gasteiger partial charge is 0.396 e. The van der Waals surface area contributed by atoms with Crippen molar-refractivity contribution in [1.82, 2.24) is 10.3 Å². The van der Waals surface area contributed by atoms with Gasteiger partial charge >= 0.3 is 0 Å². The molecule has 1 amide bonds. The topological polar surface area (TPSA) is 74.2 Å². The van der Waals surface area contributed by atoms with Crippen LogP contribution < -0.4 is 10.6 Å². The van der Waals surface area contributed by atoms with Crippen molar-refractivity contribution in [2.75, 3.05) is 11.9 Å². The number of aliphatic hydroxyl groups is 1. The molecule has 1 aromatic heterocycles. The first-order valence-electron chi connectivity index (χ1n) is 7.50. The third kappa shape index (κ3) is 4.75. The summed E-state index contributed by atoms with van der Waals surface area (Å²) in [6, 6.07) is 9.42. The zero-order valence-electron chi connectivity index (χ0n) is 12.9.